The summed E-state index contributed by atoms with van der Waals surface area (Å²) >= 11 is 0. The zero-order valence-electron chi connectivity index (χ0n) is 28.0. The lowest BCUT2D eigenvalue weighted by Crippen LogP contribution is -2.60. The molecular weight excluding hydrogens is 558 g/mol. The number of carbonyl (C=O) groups is 3. The van der Waals surface area contributed by atoms with Crippen molar-refractivity contribution in [1.82, 2.24) is 4.90 Å². The van der Waals surface area contributed by atoms with Crippen LogP contribution < -0.4 is 0 Å². The van der Waals surface area contributed by atoms with Crippen molar-refractivity contribution in [1.29, 1.82) is 0 Å². The first-order valence-electron chi connectivity index (χ1n) is 15.7. The fourth-order valence-electron chi connectivity index (χ4n) is 6.68. The Bertz CT molecular complexity index is 956. The van der Waals surface area contributed by atoms with Crippen LogP contribution in [0.5, 0.6) is 0 Å². The molecule has 13 atom stereocenters. The average Bonchev–Trinajstić information content (AvgIpc) is 2.95. The van der Waals surface area contributed by atoms with Crippen molar-refractivity contribution in [3.8, 4) is 0 Å². The number of unbranched alkanes of at least 4 members (excludes halogenated alkanes) is 1. The maximum atomic E-state index is 13.9. The molecule has 0 bridgehead atoms. The molecule has 0 amide bonds. The van der Waals surface area contributed by atoms with Crippen LogP contribution in [0.3, 0.4) is 0 Å². The Labute approximate surface area is 257 Å². The molecule has 11 nitrogen and oxygen atoms in total. The number of ketones is 2. The van der Waals surface area contributed by atoms with E-state index in [0.29, 0.717) is 12.8 Å². The predicted octanol–water partition coefficient (Wildman–Crippen LogP) is 2.50. The van der Waals surface area contributed by atoms with Gasteiger partial charge in [-0.05, 0) is 67.5 Å². The molecule has 0 spiro atoms. The van der Waals surface area contributed by atoms with Crippen molar-refractivity contribution >= 4 is 17.5 Å². The quantitative estimate of drug-likeness (QED) is 0.286. The molecule has 2 fully saturated rings. The van der Waals surface area contributed by atoms with Gasteiger partial charge in [-0.25, -0.2) is 0 Å². The highest BCUT2D eigenvalue weighted by Gasteiger charge is 2.52. The molecule has 0 radical (unpaired) electrons. The molecule has 250 valence electrons. The lowest BCUT2D eigenvalue weighted by atomic mass is 9.74. The first-order valence-corrected chi connectivity index (χ1v) is 15.7. The van der Waals surface area contributed by atoms with E-state index < -0.39 is 77.3 Å². The second-order valence-corrected chi connectivity index (χ2v) is 13.6. The molecule has 2 unspecified atom stereocenters. The number of rotatable bonds is 7. The van der Waals surface area contributed by atoms with E-state index in [1.165, 1.54) is 21.0 Å². The summed E-state index contributed by atoms with van der Waals surface area (Å²) in [4.78, 5) is 42.9. The second kappa shape index (κ2) is 15.2. The monoisotopic (exact) mass is 615 g/mol. The van der Waals surface area contributed by atoms with Crippen molar-refractivity contribution in [3.05, 3.63) is 0 Å². The van der Waals surface area contributed by atoms with Crippen molar-refractivity contribution in [3.63, 3.8) is 0 Å². The van der Waals surface area contributed by atoms with Crippen molar-refractivity contribution < 1.29 is 48.7 Å². The van der Waals surface area contributed by atoms with Gasteiger partial charge in [-0.2, -0.15) is 0 Å². The van der Waals surface area contributed by atoms with Gasteiger partial charge in [-0.1, -0.05) is 34.1 Å². The third kappa shape index (κ3) is 8.42. The Morgan fingerprint density at radius 3 is 2.14 bits per heavy atom. The van der Waals surface area contributed by atoms with E-state index in [1.54, 1.807) is 27.7 Å². The van der Waals surface area contributed by atoms with Crippen LogP contribution in [0.4, 0.5) is 0 Å². The topological polar surface area (TPSA) is 152 Å². The highest BCUT2D eigenvalue weighted by Crippen LogP contribution is 2.38. The van der Waals surface area contributed by atoms with E-state index >= 15 is 0 Å². The summed E-state index contributed by atoms with van der Waals surface area (Å²) < 4.78 is 24.2. The van der Waals surface area contributed by atoms with Crippen LogP contribution in [-0.4, -0.2) is 113 Å². The van der Waals surface area contributed by atoms with E-state index in [2.05, 4.69) is 0 Å². The van der Waals surface area contributed by atoms with Gasteiger partial charge in [-0.15, -0.1) is 0 Å². The molecule has 0 aromatic heterocycles. The minimum absolute atomic E-state index is 0.0946. The first-order chi connectivity index (χ1) is 19.8. The van der Waals surface area contributed by atoms with Gasteiger partial charge >= 0.3 is 5.97 Å². The third-order valence-corrected chi connectivity index (χ3v) is 9.76. The van der Waals surface area contributed by atoms with Crippen LogP contribution in [-0.2, 0) is 33.3 Å². The van der Waals surface area contributed by atoms with Gasteiger partial charge in [0.2, 0.25) is 0 Å². The summed E-state index contributed by atoms with van der Waals surface area (Å²) in [5, 5.41) is 34.0. The maximum Gasteiger partial charge on any atom is 0.316 e. The molecule has 2 saturated heterocycles. The number of aliphatic hydroxyl groups is 3. The Morgan fingerprint density at radius 1 is 1.00 bits per heavy atom. The summed E-state index contributed by atoms with van der Waals surface area (Å²) in [6, 6.07) is -0.267. The van der Waals surface area contributed by atoms with Gasteiger partial charge in [0.15, 0.2) is 12.1 Å². The van der Waals surface area contributed by atoms with Gasteiger partial charge < -0.3 is 39.2 Å². The highest BCUT2D eigenvalue weighted by atomic mass is 16.7. The molecule has 43 heavy (non-hydrogen) atoms. The second-order valence-electron chi connectivity index (χ2n) is 13.6. The number of cyclic esters (lactones) is 1. The molecule has 2 heterocycles. The van der Waals surface area contributed by atoms with Crippen LogP contribution in [0, 0.1) is 23.7 Å². The standard InChI is InChI=1S/C32H57NO10/c1-12-13-14-23-32(8,39)27(37)19(4)24(34)17(2)16-31(7,40-11)28(20(5)25(35)21(6)29(38)42-23)43-30-26(36)22(33(9)10)15-18(3)41-30/h17-23,26-28,30,36-37,39H,12-16H2,1-11H3/t17-,18-,19+,20+,21-,22+,23?,26-,27-,28-,30?,31+,32-/m1/s1. The number of Topliss-reactive ketones (excluding diaryl/α,β-unsaturated/α-hetero) is 2. The van der Waals surface area contributed by atoms with Crippen LogP contribution in [0.1, 0.15) is 87.5 Å². The highest BCUT2D eigenvalue weighted by molar-refractivity contribution is 6.00. The Balaban J connectivity index is 2.62. The molecule has 0 aromatic rings. The molecule has 2 rings (SSSR count). The number of aliphatic hydroxyl groups excluding tert-OH is 2. The Hall–Kier alpha value is -1.47. The number of esters is 1. The molecular formula is C32H57NO10. The maximum absolute atomic E-state index is 13.9. The SMILES string of the molecule is CCCCC1OC(=O)[C@H](C)C(=O)[C@H](C)[C@@H](OC2O[C@H](C)C[C@H](N(C)C)[C@H]2O)[C@@](C)(OC)C[C@@H](C)C(=O)[C@H](C)[C@@H](O)[C@]1(C)O. The van der Waals surface area contributed by atoms with Crippen molar-refractivity contribution in [2.45, 2.75) is 142 Å². The Kier molecular flexibility index (Phi) is 13.3. The zero-order chi connectivity index (χ0) is 33.0. The number of nitrogens with zero attached hydrogens (tertiary/aromatic N) is 1. The van der Waals surface area contributed by atoms with E-state index in [4.69, 9.17) is 18.9 Å². The van der Waals surface area contributed by atoms with Crippen LogP contribution in [0.25, 0.3) is 0 Å². The van der Waals surface area contributed by atoms with E-state index in [-0.39, 0.29) is 30.8 Å². The van der Waals surface area contributed by atoms with Crippen LogP contribution in [0.15, 0.2) is 0 Å². The normalized spacial score (nSPS) is 44.3. The molecule has 2 aliphatic heterocycles. The molecule has 3 N–H and O–H groups in total. The number of hydrogen-bond acceptors (Lipinski definition) is 11. The summed E-state index contributed by atoms with van der Waals surface area (Å²) in [5.74, 6) is -5.51. The van der Waals surface area contributed by atoms with Gasteiger partial charge in [-0.3, -0.25) is 14.4 Å². The third-order valence-electron chi connectivity index (χ3n) is 9.76. The minimum Gasteiger partial charge on any atom is -0.459 e. The molecule has 11 heteroatoms. The molecule has 0 aliphatic carbocycles. The summed E-state index contributed by atoms with van der Waals surface area (Å²) in [6.45, 7) is 13.2. The van der Waals surface area contributed by atoms with E-state index in [1.807, 2.05) is 32.8 Å². The number of methoxy groups -OCH3 is 1. The van der Waals surface area contributed by atoms with Gasteiger partial charge in [0.05, 0.1) is 23.9 Å². The Morgan fingerprint density at radius 2 is 1.60 bits per heavy atom. The average molecular weight is 616 g/mol. The first kappa shape index (κ1) is 37.7. The lowest BCUT2D eigenvalue weighted by molar-refractivity contribution is -0.295. The summed E-state index contributed by atoms with van der Waals surface area (Å²) in [6.07, 6.45) is -3.85. The van der Waals surface area contributed by atoms with E-state index in [9.17, 15) is 29.7 Å². The van der Waals surface area contributed by atoms with Gasteiger partial charge in [0.25, 0.3) is 0 Å². The van der Waals surface area contributed by atoms with Gasteiger partial charge in [0.1, 0.15) is 29.5 Å². The van der Waals surface area contributed by atoms with E-state index in [0.717, 1.165) is 6.42 Å². The predicted molar refractivity (Wildman–Crippen MR) is 160 cm³/mol. The summed E-state index contributed by atoms with van der Waals surface area (Å²) in [7, 11) is 5.17. The zero-order valence-corrected chi connectivity index (χ0v) is 28.0. The minimum atomic E-state index is -1.94. The number of hydrogen-bond donors (Lipinski definition) is 3. The number of carbonyl (C=O) groups excluding carboxylic acids is 3. The van der Waals surface area contributed by atoms with Crippen LogP contribution in [0.2, 0.25) is 0 Å². The number of ether oxygens (including phenoxy) is 4. The number of likely N-dealkylation sites (N-methyl/N-ethyl adjacent to an activating group) is 1. The lowest BCUT2D eigenvalue weighted by Gasteiger charge is -2.47. The molecule has 0 saturated carbocycles. The molecule has 2 aliphatic rings. The van der Waals surface area contributed by atoms with Crippen molar-refractivity contribution in [2.75, 3.05) is 21.2 Å². The van der Waals surface area contributed by atoms with Crippen LogP contribution >= 0.6 is 0 Å². The largest absolute Gasteiger partial charge is 0.459 e. The molecule has 0 aromatic carbocycles. The summed E-state index contributed by atoms with van der Waals surface area (Å²) in [5.41, 5.74) is -3.20. The van der Waals surface area contributed by atoms with Crippen molar-refractivity contribution in [2.24, 2.45) is 23.7 Å². The fourth-order valence-corrected chi connectivity index (χ4v) is 6.68. The smallest absolute Gasteiger partial charge is 0.316 e. The fraction of sp³-hybridized carbons (Fsp3) is 0.906. The van der Waals surface area contributed by atoms with Gasteiger partial charge in [0, 0.05) is 30.9 Å².